The minimum Gasteiger partial charge on any atom is -0.316 e. The van der Waals surface area contributed by atoms with Gasteiger partial charge in [0, 0.05) is 13.2 Å². The highest BCUT2D eigenvalue weighted by atomic mass is 15.2. The molecule has 2 heterocycles. The summed E-state index contributed by atoms with van der Waals surface area (Å²) in [6.07, 6.45) is 4.48. The Kier molecular flexibility index (Phi) is 2.87. The molecule has 2 atom stereocenters. The van der Waals surface area contributed by atoms with E-state index in [-0.39, 0.29) is 0 Å². The highest BCUT2D eigenvalue weighted by Crippen LogP contribution is 2.19. The molecule has 3 nitrogen and oxygen atoms in total. The Balaban J connectivity index is 1.90. The Morgan fingerprint density at radius 3 is 3.07 bits per heavy atom. The van der Waals surface area contributed by atoms with Gasteiger partial charge < -0.3 is 5.32 Å². The van der Waals surface area contributed by atoms with Crippen LogP contribution < -0.4 is 5.32 Å². The van der Waals surface area contributed by atoms with Crippen LogP contribution in [0.25, 0.3) is 0 Å². The van der Waals surface area contributed by atoms with E-state index in [9.17, 15) is 0 Å². The molecule has 0 bridgehead atoms. The lowest BCUT2D eigenvalue weighted by Gasteiger charge is -2.27. The van der Waals surface area contributed by atoms with E-state index in [4.69, 9.17) is 0 Å². The molecule has 3 heteroatoms. The van der Waals surface area contributed by atoms with E-state index in [1.54, 1.807) is 0 Å². The standard InChI is InChI=1S/C11H19N3/c1-9-5-10(8-12-7-9)6-11-3-4-14(2)13-11/h3-4,9-10,12H,5-8H2,1-2H3. The van der Waals surface area contributed by atoms with Crippen LogP contribution in [0.4, 0.5) is 0 Å². The smallest absolute Gasteiger partial charge is 0.0627 e. The predicted octanol–water partition coefficient (Wildman–Crippen LogP) is 1.21. The first kappa shape index (κ1) is 9.71. The van der Waals surface area contributed by atoms with Gasteiger partial charge in [-0.2, -0.15) is 5.10 Å². The Labute approximate surface area is 85.5 Å². The minimum absolute atomic E-state index is 0.772. The van der Waals surface area contributed by atoms with Crippen molar-refractivity contribution in [2.45, 2.75) is 19.8 Å². The monoisotopic (exact) mass is 193 g/mol. The lowest BCUT2D eigenvalue weighted by atomic mass is 9.89. The van der Waals surface area contributed by atoms with Crippen molar-refractivity contribution in [3.8, 4) is 0 Å². The average Bonchev–Trinajstić information content (AvgIpc) is 2.51. The van der Waals surface area contributed by atoms with E-state index in [0.717, 1.165) is 24.8 Å². The molecule has 0 aliphatic carbocycles. The maximum Gasteiger partial charge on any atom is 0.0627 e. The second kappa shape index (κ2) is 4.13. The number of nitrogens with one attached hydrogen (secondary N) is 1. The van der Waals surface area contributed by atoms with Crippen molar-refractivity contribution in [3.63, 3.8) is 0 Å². The highest BCUT2D eigenvalue weighted by molar-refractivity contribution is 5.00. The van der Waals surface area contributed by atoms with E-state index in [0.29, 0.717) is 0 Å². The van der Waals surface area contributed by atoms with Gasteiger partial charge in [0.1, 0.15) is 0 Å². The van der Waals surface area contributed by atoms with E-state index in [1.807, 2.05) is 17.9 Å². The van der Waals surface area contributed by atoms with Crippen molar-refractivity contribution < 1.29 is 0 Å². The van der Waals surface area contributed by atoms with Crippen molar-refractivity contribution in [1.82, 2.24) is 15.1 Å². The molecule has 0 radical (unpaired) electrons. The Hall–Kier alpha value is -0.830. The van der Waals surface area contributed by atoms with Crippen LogP contribution in [0.1, 0.15) is 19.0 Å². The zero-order valence-corrected chi connectivity index (χ0v) is 9.03. The number of piperidine rings is 1. The molecule has 2 unspecified atom stereocenters. The molecule has 1 saturated heterocycles. The molecule has 1 aromatic rings. The molecular formula is C11H19N3. The maximum absolute atomic E-state index is 4.42. The fourth-order valence-corrected chi connectivity index (χ4v) is 2.29. The van der Waals surface area contributed by atoms with Crippen LogP contribution in [0.15, 0.2) is 12.3 Å². The lowest BCUT2D eigenvalue weighted by Crippen LogP contribution is -2.36. The van der Waals surface area contributed by atoms with Gasteiger partial charge in [0.15, 0.2) is 0 Å². The van der Waals surface area contributed by atoms with Crippen LogP contribution in [0, 0.1) is 11.8 Å². The van der Waals surface area contributed by atoms with Gasteiger partial charge in [-0.1, -0.05) is 6.92 Å². The summed E-state index contributed by atoms with van der Waals surface area (Å²) in [5, 5.41) is 7.90. The van der Waals surface area contributed by atoms with Gasteiger partial charge in [-0.25, -0.2) is 0 Å². The topological polar surface area (TPSA) is 29.9 Å². The number of aryl methyl sites for hydroxylation is 1. The number of nitrogens with zero attached hydrogens (tertiary/aromatic N) is 2. The minimum atomic E-state index is 0.772. The molecule has 78 valence electrons. The molecule has 1 aromatic heterocycles. The van der Waals surface area contributed by atoms with Gasteiger partial charge in [-0.15, -0.1) is 0 Å². The van der Waals surface area contributed by atoms with Crippen molar-refractivity contribution >= 4 is 0 Å². The molecule has 0 amide bonds. The number of aromatic nitrogens is 2. The predicted molar refractivity (Wildman–Crippen MR) is 57.1 cm³/mol. The van der Waals surface area contributed by atoms with Crippen molar-refractivity contribution in [1.29, 1.82) is 0 Å². The Bertz CT molecular complexity index is 292. The van der Waals surface area contributed by atoms with Gasteiger partial charge >= 0.3 is 0 Å². The lowest BCUT2D eigenvalue weighted by molar-refractivity contribution is 0.299. The third-order valence-corrected chi connectivity index (χ3v) is 2.93. The Morgan fingerprint density at radius 2 is 2.43 bits per heavy atom. The zero-order valence-electron chi connectivity index (χ0n) is 9.03. The maximum atomic E-state index is 4.42. The van der Waals surface area contributed by atoms with E-state index < -0.39 is 0 Å². The molecule has 1 aliphatic heterocycles. The van der Waals surface area contributed by atoms with Crippen molar-refractivity contribution in [2.24, 2.45) is 18.9 Å². The van der Waals surface area contributed by atoms with E-state index in [2.05, 4.69) is 23.4 Å². The summed E-state index contributed by atoms with van der Waals surface area (Å²) in [7, 11) is 1.98. The molecule has 0 spiro atoms. The molecule has 1 fully saturated rings. The summed E-state index contributed by atoms with van der Waals surface area (Å²) in [6.45, 7) is 4.65. The highest BCUT2D eigenvalue weighted by Gasteiger charge is 2.19. The largest absolute Gasteiger partial charge is 0.316 e. The van der Waals surface area contributed by atoms with Crippen LogP contribution in [0.3, 0.4) is 0 Å². The van der Waals surface area contributed by atoms with Gasteiger partial charge in [0.05, 0.1) is 5.69 Å². The average molecular weight is 193 g/mol. The van der Waals surface area contributed by atoms with Gasteiger partial charge in [0.2, 0.25) is 0 Å². The molecule has 2 rings (SSSR count). The summed E-state index contributed by atoms with van der Waals surface area (Å²) in [5.41, 5.74) is 1.23. The summed E-state index contributed by atoms with van der Waals surface area (Å²) in [4.78, 5) is 0. The van der Waals surface area contributed by atoms with Crippen LogP contribution in [0.5, 0.6) is 0 Å². The van der Waals surface area contributed by atoms with Gasteiger partial charge in [0.25, 0.3) is 0 Å². The third-order valence-electron chi connectivity index (χ3n) is 2.93. The molecule has 14 heavy (non-hydrogen) atoms. The molecule has 0 saturated carbocycles. The summed E-state index contributed by atoms with van der Waals surface area (Å²) in [6, 6.07) is 2.12. The van der Waals surface area contributed by atoms with Gasteiger partial charge in [-0.3, -0.25) is 4.68 Å². The Morgan fingerprint density at radius 1 is 1.57 bits per heavy atom. The first-order valence-electron chi connectivity index (χ1n) is 5.43. The fraction of sp³-hybridized carbons (Fsp3) is 0.727. The third kappa shape index (κ3) is 2.35. The second-order valence-corrected chi connectivity index (χ2v) is 4.55. The fourth-order valence-electron chi connectivity index (χ4n) is 2.29. The molecule has 1 N–H and O–H groups in total. The summed E-state index contributed by atoms with van der Waals surface area (Å²) >= 11 is 0. The number of hydrogen-bond donors (Lipinski definition) is 1. The zero-order chi connectivity index (χ0) is 9.97. The molecule has 0 aromatic carbocycles. The molecular weight excluding hydrogens is 174 g/mol. The van der Waals surface area contributed by atoms with Crippen LogP contribution in [0.2, 0.25) is 0 Å². The van der Waals surface area contributed by atoms with Crippen LogP contribution >= 0.6 is 0 Å². The van der Waals surface area contributed by atoms with Crippen LogP contribution in [-0.2, 0) is 13.5 Å². The van der Waals surface area contributed by atoms with Crippen molar-refractivity contribution in [3.05, 3.63) is 18.0 Å². The first-order valence-corrected chi connectivity index (χ1v) is 5.43. The number of rotatable bonds is 2. The quantitative estimate of drug-likeness (QED) is 0.765. The normalized spacial score (nSPS) is 27.9. The summed E-state index contributed by atoms with van der Waals surface area (Å²) < 4.78 is 1.88. The van der Waals surface area contributed by atoms with E-state index >= 15 is 0 Å². The van der Waals surface area contributed by atoms with Gasteiger partial charge in [-0.05, 0) is 43.8 Å². The van der Waals surface area contributed by atoms with E-state index in [1.165, 1.54) is 18.7 Å². The number of hydrogen-bond acceptors (Lipinski definition) is 2. The summed E-state index contributed by atoms with van der Waals surface area (Å²) in [5.74, 6) is 1.59. The van der Waals surface area contributed by atoms with Crippen LogP contribution in [-0.4, -0.2) is 22.9 Å². The second-order valence-electron chi connectivity index (χ2n) is 4.55. The molecule has 1 aliphatic rings. The van der Waals surface area contributed by atoms with Crippen molar-refractivity contribution in [2.75, 3.05) is 13.1 Å². The first-order chi connectivity index (χ1) is 6.74. The SMILES string of the molecule is CC1CNCC(Cc2ccn(C)n2)C1.